The van der Waals surface area contributed by atoms with Crippen LogP contribution >= 0.6 is 15.9 Å². The number of rotatable bonds is 4. The van der Waals surface area contributed by atoms with E-state index in [9.17, 15) is 0 Å². The molecule has 106 valence electrons. The number of halogens is 1. The second-order valence-electron chi connectivity index (χ2n) is 4.71. The van der Waals surface area contributed by atoms with E-state index in [0.29, 0.717) is 6.61 Å². The highest BCUT2D eigenvalue weighted by atomic mass is 79.9. The van der Waals surface area contributed by atoms with Gasteiger partial charge in [0.15, 0.2) is 0 Å². The Labute approximate surface area is 132 Å². The Balaban J connectivity index is 2.02. The summed E-state index contributed by atoms with van der Waals surface area (Å²) in [7, 11) is 1.68. The second-order valence-corrected chi connectivity index (χ2v) is 5.56. The first-order valence-corrected chi connectivity index (χ1v) is 7.51. The van der Waals surface area contributed by atoms with E-state index < -0.39 is 0 Å². The molecule has 0 aromatic heterocycles. The third-order valence-corrected chi connectivity index (χ3v) is 3.98. The first kappa shape index (κ1) is 14.0. The van der Waals surface area contributed by atoms with Crippen molar-refractivity contribution in [2.75, 3.05) is 7.11 Å². The second kappa shape index (κ2) is 6.19. The van der Waals surface area contributed by atoms with Gasteiger partial charge in [-0.25, -0.2) is 0 Å². The van der Waals surface area contributed by atoms with E-state index in [0.717, 1.165) is 32.3 Å². The Bertz CT molecular complexity index is 754. The minimum atomic E-state index is 0.524. The summed E-state index contributed by atoms with van der Waals surface area (Å²) in [6.45, 7) is 0.524. The van der Waals surface area contributed by atoms with Crippen LogP contribution in [0.4, 0.5) is 0 Å². The van der Waals surface area contributed by atoms with Crippen molar-refractivity contribution in [1.29, 1.82) is 0 Å². The summed E-state index contributed by atoms with van der Waals surface area (Å²) >= 11 is 3.57. The van der Waals surface area contributed by atoms with Gasteiger partial charge >= 0.3 is 0 Å². The summed E-state index contributed by atoms with van der Waals surface area (Å²) in [5, 5.41) is 2.09. The number of hydrogen-bond acceptors (Lipinski definition) is 2. The van der Waals surface area contributed by atoms with Crippen molar-refractivity contribution in [3.8, 4) is 11.5 Å². The summed E-state index contributed by atoms with van der Waals surface area (Å²) in [5.74, 6) is 1.63. The fraction of sp³-hybridized carbons (Fsp3) is 0.111. The molecular weight excluding hydrogens is 328 g/mol. The van der Waals surface area contributed by atoms with E-state index in [-0.39, 0.29) is 0 Å². The highest BCUT2D eigenvalue weighted by molar-refractivity contribution is 9.10. The topological polar surface area (TPSA) is 18.5 Å². The lowest BCUT2D eigenvalue weighted by atomic mass is 10.1. The van der Waals surface area contributed by atoms with Gasteiger partial charge in [0.05, 0.1) is 17.0 Å². The summed E-state index contributed by atoms with van der Waals surface area (Å²) < 4.78 is 12.5. The van der Waals surface area contributed by atoms with Crippen LogP contribution in [0.3, 0.4) is 0 Å². The minimum absolute atomic E-state index is 0.524. The summed E-state index contributed by atoms with van der Waals surface area (Å²) in [6.07, 6.45) is 0. The fourth-order valence-electron chi connectivity index (χ4n) is 2.33. The van der Waals surface area contributed by atoms with Crippen LogP contribution in [0.5, 0.6) is 11.5 Å². The lowest BCUT2D eigenvalue weighted by Gasteiger charge is -2.14. The molecule has 0 N–H and O–H groups in total. The zero-order chi connectivity index (χ0) is 14.7. The largest absolute Gasteiger partial charge is 0.496 e. The van der Waals surface area contributed by atoms with Gasteiger partial charge < -0.3 is 9.47 Å². The predicted molar refractivity (Wildman–Crippen MR) is 89.0 cm³/mol. The van der Waals surface area contributed by atoms with E-state index in [1.807, 2.05) is 36.4 Å². The van der Waals surface area contributed by atoms with Crippen molar-refractivity contribution in [3.05, 3.63) is 70.7 Å². The minimum Gasteiger partial charge on any atom is -0.496 e. The zero-order valence-corrected chi connectivity index (χ0v) is 13.3. The molecule has 2 nitrogen and oxygen atoms in total. The molecule has 0 amide bonds. The molecule has 3 aromatic rings. The molecule has 0 radical (unpaired) electrons. The van der Waals surface area contributed by atoms with Crippen molar-refractivity contribution in [3.63, 3.8) is 0 Å². The molecular formula is C18H15BrO2. The SMILES string of the molecule is COc1cccc2ccc(Br)c(OCc3ccccc3)c12. The molecule has 3 aromatic carbocycles. The van der Waals surface area contributed by atoms with Gasteiger partial charge in [-0.15, -0.1) is 0 Å². The van der Waals surface area contributed by atoms with Crippen molar-refractivity contribution in [1.82, 2.24) is 0 Å². The van der Waals surface area contributed by atoms with E-state index in [1.54, 1.807) is 7.11 Å². The van der Waals surface area contributed by atoms with E-state index >= 15 is 0 Å². The van der Waals surface area contributed by atoms with Gasteiger partial charge in [-0.2, -0.15) is 0 Å². The molecule has 0 aliphatic carbocycles. The number of fused-ring (bicyclic) bond motifs is 1. The Morgan fingerprint density at radius 1 is 0.905 bits per heavy atom. The molecule has 0 saturated heterocycles. The maximum Gasteiger partial charge on any atom is 0.145 e. The van der Waals surface area contributed by atoms with Crippen molar-refractivity contribution >= 4 is 26.7 Å². The van der Waals surface area contributed by atoms with Gasteiger partial charge in [0.2, 0.25) is 0 Å². The molecule has 21 heavy (non-hydrogen) atoms. The van der Waals surface area contributed by atoms with Crippen LogP contribution in [0.15, 0.2) is 65.1 Å². The van der Waals surface area contributed by atoms with Crippen LogP contribution in [0, 0.1) is 0 Å². The number of benzene rings is 3. The third kappa shape index (κ3) is 2.88. The van der Waals surface area contributed by atoms with Gasteiger partial charge in [-0.05, 0) is 39.0 Å². The third-order valence-electron chi connectivity index (χ3n) is 3.36. The lowest BCUT2D eigenvalue weighted by Crippen LogP contribution is -1.97. The van der Waals surface area contributed by atoms with Gasteiger partial charge in [0.1, 0.15) is 18.1 Å². The molecule has 0 heterocycles. The fourth-order valence-corrected chi connectivity index (χ4v) is 2.77. The van der Waals surface area contributed by atoms with Crippen LogP contribution in [-0.4, -0.2) is 7.11 Å². The normalized spacial score (nSPS) is 10.6. The molecule has 0 atom stereocenters. The molecule has 0 saturated carbocycles. The first-order valence-electron chi connectivity index (χ1n) is 6.71. The van der Waals surface area contributed by atoms with Crippen LogP contribution < -0.4 is 9.47 Å². The highest BCUT2D eigenvalue weighted by Gasteiger charge is 2.12. The maximum atomic E-state index is 6.05. The number of hydrogen-bond donors (Lipinski definition) is 0. The van der Waals surface area contributed by atoms with Crippen LogP contribution in [0.2, 0.25) is 0 Å². The van der Waals surface area contributed by atoms with Gasteiger partial charge in [0.25, 0.3) is 0 Å². The standard InChI is InChI=1S/C18H15BrO2/c1-20-16-9-5-8-14-10-11-15(19)18(17(14)16)21-12-13-6-3-2-4-7-13/h2-11H,12H2,1H3. The Morgan fingerprint density at radius 3 is 2.48 bits per heavy atom. The zero-order valence-electron chi connectivity index (χ0n) is 11.7. The molecule has 0 unspecified atom stereocenters. The van der Waals surface area contributed by atoms with Gasteiger partial charge in [-0.3, -0.25) is 0 Å². The molecule has 0 spiro atoms. The molecule has 3 rings (SSSR count). The molecule has 0 aliphatic heterocycles. The molecule has 3 heteroatoms. The smallest absolute Gasteiger partial charge is 0.145 e. The summed E-state index contributed by atoms with van der Waals surface area (Å²) in [4.78, 5) is 0. The maximum absolute atomic E-state index is 6.05. The van der Waals surface area contributed by atoms with Gasteiger partial charge in [0, 0.05) is 0 Å². The van der Waals surface area contributed by atoms with Crippen molar-refractivity contribution < 1.29 is 9.47 Å². The van der Waals surface area contributed by atoms with Crippen molar-refractivity contribution in [2.45, 2.75) is 6.61 Å². The molecule has 0 bridgehead atoms. The van der Waals surface area contributed by atoms with Crippen LogP contribution in [-0.2, 0) is 6.61 Å². The van der Waals surface area contributed by atoms with E-state index in [1.165, 1.54) is 0 Å². The lowest BCUT2D eigenvalue weighted by molar-refractivity contribution is 0.307. The average molecular weight is 343 g/mol. The first-order chi connectivity index (χ1) is 10.3. The summed E-state index contributed by atoms with van der Waals surface area (Å²) in [6, 6.07) is 20.2. The summed E-state index contributed by atoms with van der Waals surface area (Å²) in [5.41, 5.74) is 1.14. The molecule has 0 aliphatic rings. The quantitative estimate of drug-likeness (QED) is 0.649. The van der Waals surface area contributed by atoms with E-state index in [4.69, 9.17) is 9.47 Å². The average Bonchev–Trinajstić information content (AvgIpc) is 2.54. The number of methoxy groups -OCH3 is 1. The van der Waals surface area contributed by atoms with Crippen LogP contribution in [0.25, 0.3) is 10.8 Å². The Hall–Kier alpha value is -2.00. The van der Waals surface area contributed by atoms with Crippen molar-refractivity contribution in [2.24, 2.45) is 0 Å². The predicted octanol–water partition coefficient (Wildman–Crippen LogP) is 5.19. The van der Waals surface area contributed by atoms with Crippen LogP contribution in [0.1, 0.15) is 5.56 Å². The van der Waals surface area contributed by atoms with Gasteiger partial charge in [-0.1, -0.05) is 48.5 Å². The van der Waals surface area contributed by atoms with E-state index in [2.05, 4.69) is 40.2 Å². The number of ether oxygens (including phenoxy) is 2. The Morgan fingerprint density at radius 2 is 1.71 bits per heavy atom. The highest BCUT2D eigenvalue weighted by Crippen LogP contribution is 2.39. The Kier molecular flexibility index (Phi) is 4.11. The molecule has 0 fully saturated rings. The monoisotopic (exact) mass is 342 g/mol.